The lowest BCUT2D eigenvalue weighted by Crippen LogP contribution is -2.48. The number of hydrogen-bond acceptors (Lipinski definition) is 3. The fourth-order valence-corrected chi connectivity index (χ4v) is 3.29. The molecule has 1 aliphatic carbocycles. The van der Waals surface area contributed by atoms with E-state index in [1.165, 1.54) is 5.56 Å². The molecule has 2 heterocycles. The molecule has 96 valence electrons. The standard InChI is InChI=1S/C15H14N2O2/c1-8-6-15(19-14(8)18)10-3-2-4-11-13(10)9(7-17-11)5-12(15)16/h2-4,6-7,12,17H,5,16H2,1H3. The van der Waals surface area contributed by atoms with E-state index in [-0.39, 0.29) is 12.0 Å². The van der Waals surface area contributed by atoms with E-state index >= 15 is 0 Å². The molecule has 1 aliphatic heterocycles. The van der Waals surface area contributed by atoms with E-state index in [2.05, 4.69) is 4.98 Å². The number of ether oxygens (including phenoxy) is 1. The Bertz CT molecular complexity index is 744. The van der Waals surface area contributed by atoms with Crippen LogP contribution in [0.5, 0.6) is 0 Å². The molecule has 4 heteroatoms. The number of hydrogen-bond donors (Lipinski definition) is 2. The molecule has 4 nitrogen and oxygen atoms in total. The first-order chi connectivity index (χ1) is 9.12. The monoisotopic (exact) mass is 254 g/mol. The van der Waals surface area contributed by atoms with E-state index in [0.29, 0.717) is 12.0 Å². The maximum atomic E-state index is 11.8. The second-order valence-corrected chi connectivity index (χ2v) is 5.36. The molecule has 0 radical (unpaired) electrons. The Labute approximate surface area is 110 Å². The smallest absolute Gasteiger partial charge is 0.334 e. The number of nitrogens with one attached hydrogen (secondary N) is 1. The van der Waals surface area contributed by atoms with Crippen LogP contribution in [0.25, 0.3) is 10.9 Å². The zero-order chi connectivity index (χ0) is 13.2. The van der Waals surface area contributed by atoms with Crippen molar-refractivity contribution in [3.8, 4) is 0 Å². The van der Waals surface area contributed by atoms with Crippen LogP contribution in [0.3, 0.4) is 0 Å². The van der Waals surface area contributed by atoms with E-state index in [0.717, 1.165) is 16.5 Å². The Morgan fingerprint density at radius 3 is 3.05 bits per heavy atom. The minimum atomic E-state index is -0.796. The van der Waals surface area contributed by atoms with Crippen LogP contribution < -0.4 is 5.73 Å². The largest absolute Gasteiger partial charge is 0.445 e. The van der Waals surface area contributed by atoms with Gasteiger partial charge in [-0.25, -0.2) is 4.79 Å². The molecule has 1 spiro atoms. The number of benzene rings is 1. The van der Waals surface area contributed by atoms with Crippen LogP contribution in [0.4, 0.5) is 0 Å². The number of fused-ring (bicyclic) bond motifs is 1. The van der Waals surface area contributed by atoms with Gasteiger partial charge in [-0.15, -0.1) is 0 Å². The minimum Gasteiger partial charge on any atom is -0.445 e. The van der Waals surface area contributed by atoms with Gasteiger partial charge in [0.1, 0.15) is 0 Å². The van der Waals surface area contributed by atoms with Crippen LogP contribution in [-0.4, -0.2) is 17.0 Å². The Morgan fingerprint density at radius 2 is 2.32 bits per heavy atom. The van der Waals surface area contributed by atoms with Gasteiger partial charge in [0.2, 0.25) is 0 Å². The highest BCUT2D eigenvalue weighted by molar-refractivity contribution is 5.95. The van der Waals surface area contributed by atoms with Crippen molar-refractivity contribution in [2.45, 2.75) is 25.0 Å². The molecule has 0 saturated carbocycles. The van der Waals surface area contributed by atoms with Crippen LogP contribution in [0.15, 0.2) is 36.0 Å². The molecule has 0 amide bonds. The summed E-state index contributed by atoms with van der Waals surface area (Å²) >= 11 is 0. The number of nitrogens with two attached hydrogens (primary N) is 1. The summed E-state index contributed by atoms with van der Waals surface area (Å²) in [5.74, 6) is -0.272. The van der Waals surface area contributed by atoms with Gasteiger partial charge >= 0.3 is 5.97 Å². The van der Waals surface area contributed by atoms with Gasteiger partial charge < -0.3 is 15.5 Å². The van der Waals surface area contributed by atoms with Gasteiger partial charge in [0.15, 0.2) is 5.60 Å². The molecular weight excluding hydrogens is 240 g/mol. The summed E-state index contributed by atoms with van der Waals surface area (Å²) in [6.07, 6.45) is 4.58. The molecule has 4 rings (SSSR count). The van der Waals surface area contributed by atoms with Crippen LogP contribution in [0, 0.1) is 0 Å². The first-order valence-corrected chi connectivity index (χ1v) is 6.39. The number of aromatic nitrogens is 1. The number of rotatable bonds is 0. The zero-order valence-electron chi connectivity index (χ0n) is 10.6. The van der Waals surface area contributed by atoms with E-state index in [9.17, 15) is 4.79 Å². The highest BCUT2D eigenvalue weighted by Crippen LogP contribution is 2.45. The van der Waals surface area contributed by atoms with Crippen molar-refractivity contribution in [2.24, 2.45) is 5.73 Å². The van der Waals surface area contributed by atoms with Crippen molar-refractivity contribution in [1.82, 2.24) is 4.98 Å². The van der Waals surface area contributed by atoms with Crippen LogP contribution in [0.2, 0.25) is 0 Å². The number of H-pyrrole nitrogens is 1. The summed E-state index contributed by atoms with van der Waals surface area (Å²) in [5.41, 5.74) is 9.39. The lowest BCUT2D eigenvalue weighted by atomic mass is 9.76. The lowest BCUT2D eigenvalue weighted by Gasteiger charge is -2.36. The lowest BCUT2D eigenvalue weighted by molar-refractivity contribution is -0.149. The molecule has 0 bridgehead atoms. The summed E-state index contributed by atoms with van der Waals surface area (Å²) in [7, 11) is 0. The summed E-state index contributed by atoms with van der Waals surface area (Å²) in [6, 6.07) is 5.75. The third-order valence-electron chi connectivity index (χ3n) is 4.21. The number of carbonyl (C=O) groups is 1. The average Bonchev–Trinajstić information content (AvgIpc) is 2.92. The van der Waals surface area contributed by atoms with Gasteiger partial charge in [-0.3, -0.25) is 0 Å². The predicted molar refractivity (Wildman–Crippen MR) is 71.5 cm³/mol. The molecule has 2 unspecified atom stereocenters. The molecule has 2 aliphatic rings. The normalized spacial score (nSPS) is 28.8. The van der Waals surface area contributed by atoms with E-state index < -0.39 is 5.60 Å². The summed E-state index contributed by atoms with van der Waals surface area (Å²) in [6.45, 7) is 1.77. The molecule has 0 saturated heterocycles. The molecule has 3 N–H and O–H groups in total. The fourth-order valence-electron chi connectivity index (χ4n) is 3.29. The minimum absolute atomic E-state index is 0.247. The Kier molecular flexibility index (Phi) is 1.86. The van der Waals surface area contributed by atoms with E-state index in [1.807, 2.05) is 30.5 Å². The Hall–Kier alpha value is -2.07. The third-order valence-corrected chi connectivity index (χ3v) is 4.21. The van der Waals surface area contributed by atoms with E-state index in [1.54, 1.807) is 6.92 Å². The zero-order valence-corrected chi connectivity index (χ0v) is 10.6. The molecule has 2 atom stereocenters. The number of aromatic amines is 1. The molecular formula is C15H14N2O2. The summed E-state index contributed by atoms with van der Waals surface area (Å²) < 4.78 is 5.66. The van der Waals surface area contributed by atoms with Crippen molar-refractivity contribution in [3.63, 3.8) is 0 Å². The number of esters is 1. The predicted octanol–water partition coefficient (Wildman–Crippen LogP) is 1.75. The topological polar surface area (TPSA) is 68.1 Å². The van der Waals surface area contributed by atoms with Gasteiger partial charge in [0.05, 0.1) is 6.04 Å². The molecule has 1 aromatic heterocycles. The van der Waals surface area contributed by atoms with Crippen LogP contribution >= 0.6 is 0 Å². The van der Waals surface area contributed by atoms with Gasteiger partial charge in [-0.2, -0.15) is 0 Å². The highest BCUT2D eigenvalue weighted by Gasteiger charge is 2.49. The molecule has 0 fully saturated rings. The first kappa shape index (κ1) is 10.8. The SMILES string of the molecule is CC1=CC2(OC1=O)c1cccc3[nH]cc(c13)CC2N. The fraction of sp³-hybridized carbons (Fsp3) is 0.267. The average molecular weight is 254 g/mol. The van der Waals surface area contributed by atoms with Crippen molar-refractivity contribution in [3.05, 3.63) is 47.2 Å². The summed E-state index contributed by atoms with van der Waals surface area (Å²) in [5, 5.41) is 1.14. The molecule has 2 aromatic rings. The van der Waals surface area contributed by atoms with E-state index in [4.69, 9.17) is 10.5 Å². The van der Waals surface area contributed by atoms with Gasteiger partial charge in [0, 0.05) is 28.2 Å². The maximum absolute atomic E-state index is 11.8. The van der Waals surface area contributed by atoms with Crippen molar-refractivity contribution >= 4 is 16.9 Å². The van der Waals surface area contributed by atoms with Gasteiger partial charge in [-0.1, -0.05) is 12.1 Å². The second-order valence-electron chi connectivity index (χ2n) is 5.36. The van der Waals surface area contributed by atoms with Gasteiger partial charge in [0.25, 0.3) is 0 Å². The highest BCUT2D eigenvalue weighted by atomic mass is 16.6. The second kappa shape index (κ2) is 3.27. The number of carbonyl (C=O) groups excluding carboxylic acids is 1. The van der Waals surface area contributed by atoms with Crippen molar-refractivity contribution in [1.29, 1.82) is 0 Å². The van der Waals surface area contributed by atoms with Crippen LogP contribution in [0.1, 0.15) is 18.1 Å². The Morgan fingerprint density at radius 1 is 1.47 bits per heavy atom. The molecule has 1 aromatic carbocycles. The quantitative estimate of drug-likeness (QED) is 0.704. The first-order valence-electron chi connectivity index (χ1n) is 6.39. The van der Waals surface area contributed by atoms with Crippen molar-refractivity contribution in [2.75, 3.05) is 0 Å². The molecule has 19 heavy (non-hydrogen) atoms. The maximum Gasteiger partial charge on any atom is 0.334 e. The van der Waals surface area contributed by atoms with Gasteiger partial charge in [-0.05, 0) is 31.1 Å². The van der Waals surface area contributed by atoms with Crippen molar-refractivity contribution < 1.29 is 9.53 Å². The summed E-state index contributed by atoms with van der Waals surface area (Å²) in [4.78, 5) is 15.1. The Balaban J connectivity index is 2.08. The third kappa shape index (κ3) is 1.19. The van der Waals surface area contributed by atoms with Crippen LogP contribution in [-0.2, 0) is 21.6 Å².